The van der Waals surface area contributed by atoms with E-state index in [1.807, 2.05) is 4.90 Å². The first kappa shape index (κ1) is 23.4. The first-order chi connectivity index (χ1) is 16.5. The summed E-state index contributed by atoms with van der Waals surface area (Å²) in [7, 11) is 0. The minimum Gasteiger partial charge on any atom is -0.357 e. The summed E-state index contributed by atoms with van der Waals surface area (Å²) in [5.41, 5.74) is -0.889. The average molecular weight is 495 g/mol. The normalized spacial score (nSPS) is 18.4. The van der Waals surface area contributed by atoms with E-state index in [4.69, 9.17) is 0 Å². The minimum atomic E-state index is -4.63. The van der Waals surface area contributed by atoms with Gasteiger partial charge in [-0.2, -0.15) is 18.3 Å². The van der Waals surface area contributed by atoms with Crippen molar-refractivity contribution in [3.05, 3.63) is 36.0 Å². The van der Waals surface area contributed by atoms with Crippen molar-refractivity contribution in [3.63, 3.8) is 0 Å². The van der Waals surface area contributed by atoms with E-state index in [-0.39, 0.29) is 35.9 Å². The molecule has 3 aromatic heterocycles. The molecule has 1 spiro atoms. The summed E-state index contributed by atoms with van der Waals surface area (Å²) in [4.78, 5) is 28.1. The maximum Gasteiger partial charge on any atom is 0.433 e. The zero-order valence-electron chi connectivity index (χ0n) is 18.8. The van der Waals surface area contributed by atoms with Crippen molar-refractivity contribution in [1.82, 2.24) is 24.7 Å². The van der Waals surface area contributed by atoms with Gasteiger partial charge in [0.25, 0.3) is 6.43 Å². The summed E-state index contributed by atoms with van der Waals surface area (Å²) < 4.78 is 66.6. The molecule has 0 N–H and O–H groups in total. The van der Waals surface area contributed by atoms with Crippen molar-refractivity contribution in [2.75, 3.05) is 29.4 Å². The third-order valence-electron chi connectivity index (χ3n) is 6.68. The third kappa shape index (κ3) is 4.50. The number of hydrogen-bond acceptors (Lipinski definition) is 6. The van der Waals surface area contributed by atoms with E-state index < -0.39 is 24.8 Å². The lowest BCUT2D eigenvalue weighted by Gasteiger charge is -2.39. The molecule has 0 radical (unpaired) electrons. The van der Waals surface area contributed by atoms with Crippen molar-refractivity contribution in [1.29, 1.82) is 0 Å². The molecule has 3 aromatic rings. The molecule has 5 rings (SSSR count). The third-order valence-corrected chi connectivity index (χ3v) is 6.68. The molecular weight excluding hydrogens is 473 g/mol. The molecule has 0 saturated carbocycles. The van der Waals surface area contributed by atoms with Crippen LogP contribution in [0.15, 0.2) is 24.5 Å². The first-order valence-electron chi connectivity index (χ1n) is 11.1. The van der Waals surface area contributed by atoms with Gasteiger partial charge in [0, 0.05) is 55.2 Å². The van der Waals surface area contributed by atoms with Crippen LogP contribution in [0.25, 0.3) is 10.9 Å². The molecule has 0 aromatic carbocycles. The second-order valence-corrected chi connectivity index (χ2v) is 9.12. The Morgan fingerprint density at radius 2 is 1.83 bits per heavy atom. The Hall–Kier alpha value is -3.38. The molecule has 2 saturated heterocycles. The molecule has 0 unspecified atom stereocenters. The Morgan fingerprint density at radius 1 is 1.09 bits per heavy atom. The summed E-state index contributed by atoms with van der Waals surface area (Å²) in [5, 5.41) is 4.67. The maximum absolute atomic E-state index is 13.2. The van der Waals surface area contributed by atoms with Crippen LogP contribution in [0, 0.1) is 12.3 Å². The van der Waals surface area contributed by atoms with E-state index in [0.717, 1.165) is 6.07 Å². The van der Waals surface area contributed by atoms with Gasteiger partial charge in [-0.05, 0) is 19.8 Å². The van der Waals surface area contributed by atoms with Gasteiger partial charge in [0.15, 0.2) is 0 Å². The number of fused-ring (bicyclic) bond motifs is 1. The second-order valence-electron chi connectivity index (χ2n) is 9.12. The number of carbonyl (C=O) groups excluding carboxylic acids is 1. The van der Waals surface area contributed by atoms with Gasteiger partial charge < -0.3 is 4.90 Å². The van der Waals surface area contributed by atoms with E-state index in [2.05, 4.69) is 20.1 Å². The van der Waals surface area contributed by atoms with Gasteiger partial charge in [-0.15, -0.1) is 0 Å². The van der Waals surface area contributed by atoms with E-state index in [1.165, 1.54) is 22.7 Å². The number of anilines is 2. The molecule has 2 aliphatic heterocycles. The second kappa shape index (κ2) is 8.38. The number of alkyl halides is 5. The number of nitrogens with zero attached hydrogens (tertiary/aromatic N) is 7. The Balaban J connectivity index is 1.32. The molecule has 2 aliphatic rings. The lowest BCUT2D eigenvalue weighted by atomic mass is 9.77. The molecule has 0 atom stereocenters. The number of halogens is 5. The highest BCUT2D eigenvalue weighted by molar-refractivity contribution is 5.95. The molecule has 5 heterocycles. The average Bonchev–Trinajstić information content (AvgIpc) is 3.33. The van der Waals surface area contributed by atoms with Crippen molar-refractivity contribution < 1.29 is 26.7 Å². The largest absolute Gasteiger partial charge is 0.433 e. The van der Waals surface area contributed by atoms with Crippen LogP contribution in [0.2, 0.25) is 0 Å². The van der Waals surface area contributed by atoms with Gasteiger partial charge in [0.05, 0.1) is 11.7 Å². The smallest absolute Gasteiger partial charge is 0.357 e. The predicted octanol–water partition coefficient (Wildman–Crippen LogP) is 3.84. The van der Waals surface area contributed by atoms with E-state index in [0.29, 0.717) is 42.7 Å². The van der Waals surface area contributed by atoms with Gasteiger partial charge in [0.1, 0.15) is 29.7 Å². The highest BCUT2D eigenvalue weighted by Gasteiger charge is 2.46. The van der Waals surface area contributed by atoms with Crippen LogP contribution >= 0.6 is 0 Å². The van der Waals surface area contributed by atoms with Crippen molar-refractivity contribution in [2.24, 2.45) is 5.41 Å². The van der Waals surface area contributed by atoms with Crippen LogP contribution < -0.4 is 9.80 Å². The molecule has 186 valence electrons. The molecule has 8 nitrogen and oxygen atoms in total. The topological polar surface area (TPSA) is 80.0 Å². The lowest BCUT2D eigenvalue weighted by Crippen LogP contribution is -2.42. The standard InChI is InChI=1S/C22H22F5N7O/c1-13-30-16(22(25,26)27)7-19(31-13)33-12-21(8-20(33)35)2-4-32(5-3-21)18-6-15-14(9-28-18)10-29-34(15)11-17(23)24/h6-7,9-10,17H,2-5,8,11-12H2,1H3. The summed E-state index contributed by atoms with van der Waals surface area (Å²) in [6.45, 7) is 2.27. The lowest BCUT2D eigenvalue weighted by molar-refractivity contribution is -0.141. The van der Waals surface area contributed by atoms with Crippen molar-refractivity contribution in [3.8, 4) is 0 Å². The Morgan fingerprint density at radius 3 is 2.51 bits per heavy atom. The number of carbonyl (C=O) groups is 1. The minimum absolute atomic E-state index is 0.0338. The van der Waals surface area contributed by atoms with Crippen LogP contribution in [0.1, 0.15) is 30.8 Å². The molecule has 13 heteroatoms. The number of piperidine rings is 1. The molecule has 35 heavy (non-hydrogen) atoms. The van der Waals surface area contributed by atoms with Gasteiger partial charge >= 0.3 is 6.18 Å². The zero-order chi connectivity index (χ0) is 25.0. The highest BCUT2D eigenvalue weighted by Crippen LogP contribution is 2.43. The summed E-state index contributed by atoms with van der Waals surface area (Å²) in [6, 6.07) is 2.55. The zero-order valence-corrected chi connectivity index (χ0v) is 18.8. The maximum atomic E-state index is 13.2. The van der Waals surface area contributed by atoms with Crippen LogP contribution in [0.3, 0.4) is 0 Å². The number of amides is 1. The number of aryl methyl sites for hydroxylation is 1. The summed E-state index contributed by atoms with van der Waals surface area (Å²) in [6.07, 6.45) is -2.59. The van der Waals surface area contributed by atoms with Crippen LogP contribution in [0.4, 0.5) is 33.6 Å². The predicted molar refractivity (Wildman–Crippen MR) is 116 cm³/mol. The SMILES string of the molecule is Cc1nc(N2CC3(CCN(c4cc5c(cn4)cnn5CC(F)F)CC3)CC2=O)cc(C(F)(F)F)n1. The van der Waals surface area contributed by atoms with E-state index in [1.54, 1.807) is 12.3 Å². The van der Waals surface area contributed by atoms with Crippen LogP contribution in [-0.2, 0) is 17.5 Å². The monoisotopic (exact) mass is 495 g/mol. The Labute approximate surface area is 196 Å². The summed E-state index contributed by atoms with van der Waals surface area (Å²) >= 11 is 0. The van der Waals surface area contributed by atoms with Gasteiger partial charge in [-0.1, -0.05) is 0 Å². The Kier molecular flexibility index (Phi) is 5.59. The number of hydrogen-bond donors (Lipinski definition) is 0. The molecule has 0 aliphatic carbocycles. The van der Waals surface area contributed by atoms with Gasteiger partial charge in [-0.25, -0.2) is 23.7 Å². The fourth-order valence-electron chi connectivity index (χ4n) is 4.90. The van der Waals surface area contributed by atoms with Crippen LogP contribution in [0.5, 0.6) is 0 Å². The molecule has 2 fully saturated rings. The quantitative estimate of drug-likeness (QED) is 0.512. The van der Waals surface area contributed by atoms with Gasteiger partial charge in [-0.3, -0.25) is 14.4 Å². The molecule has 0 bridgehead atoms. The molecule has 1 amide bonds. The fraction of sp³-hybridized carbons (Fsp3) is 0.500. The summed E-state index contributed by atoms with van der Waals surface area (Å²) in [5.74, 6) is 0.283. The number of pyridine rings is 1. The van der Waals surface area contributed by atoms with Crippen molar-refractivity contribution >= 4 is 28.4 Å². The number of aromatic nitrogens is 5. The Bertz CT molecular complexity index is 1270. The molecular formula is C22H22F5N7O. The van der Waals surface area contributed by atoms with E-state index >= 15 is 0 Å². The van der Waals surface area contributed by atoms with Crippen LogP contribution in [-0.4, -0.2) is 56.7 Å². The van der Waals surface area contributed by atoms with E-state index in [9.17, 15) is 26.7 Å². The highest BCUT2D eigenvalue weighted by atomic mass is 19.4. The fourth-order valence-corrected chi connectivity index (χ4v) is 4.90. The first-order valence-corrected chi connectivity index (χ1v) is 11.1. The van der Waals surface area contributed by atoms with Gasteiger partial charge in [0.2, 0.25) is 5.91 Å². The number of rotatable bonds is 4. The van der Waals surface area contributed by atoms with Crippen molar-refractivity contribution in [2.45, 2.75) is 45.3 Å².